The Morgan fingerprint density at radius 1 is 1.03 bits per heavy atom. The van der Waals surface area contributed by atoms with Crippen LogP contribution in [0, 0.1) is 6.92 Å². The van der Waals surface area contributed by atoms with E-state index < -0.39 is 0 Å². The van der Waals surface area contributed by atoms with Crippen LogP contribution >= 0.6 is 11.3 Å². The van der Waals surface area contributed by atoms with Gasteiger partial charge in [0, 0.05) is 18.5 Å². The van der Waals surface area contributed by atoms with Crippen LogP contribution in [0.15, 0.2) is 60.7 Å². The van der Waals surface area contributed by atoms with Gasteiger partial charge in [0.1, 0.15) is 4.83 Å². The molecule has 1 fully saturated rings. The number of benzene rings is 2. The number of fused-ring (bicyclic) bond motifs is 1. The lowest BCUT2D eigenvalue weighted by atomic mass is 10.2. The second kappa shape index (κ2) is 7.37. The Balaban J connectivity index is 1.47. The van der Waals surface area contributed by atoms with Crippen molar-refractivity contribution in [2.75, 3.05) is 23.3 Å². The van der Waals surface area contributed by atoms with Gasteiger partial charge in [-0.2, -0.15) is 5.10 Å². The minimum Gasteiger partial charge on any atom is -0.370 e. The van der Waals surface area contributed by atoms with E-state index in [0.717, 1.165) is 46.1 Å². The number of nitrogens with zero attached hydrogens (tertiary/aromatic N) is 3. The molecule has 146 valence electrons. The SMILES string of the molecule is Cc1nn(-c2ccccc2)c2sc(C(=O)Nc3ccccc3N3CCCC3)cc12. The van der Waals surface area contributed by atoms with Crippen molar-refractivity contribution in [3.8, 4) is 5.69 Å². The molecule has 0 unspecified atom stereocenters. The van der Waals surface area contributed by atoms with Crippen molar-refractivity contribution in [3.05, 3.63) is 71.2 Å². The van der Waals surface area contributed by atoms with Gasteiger partial charge >= 0.3 is 0 Å². The van der Waals surface area contributed by atoms with Gasteiger partial charge in [0.2, 0.25) is 0 Å². The fourth-order valence-electron chi connectivity index (χ4n) is 3.90. The lowest BCUT2D eigenvalue weighted by Gasteiger charge is -2.21. The molecule has 4 aromatic rings. The molecule has 1 aliphatic rings. The number of anilines is 2. The molecule has 2 aromatic carbocycles. The van der Waals surface area contributed by atoms with Gasteiger partial charge in [-0.05, 0) is 50.1 Å². The maximum absolute atomic E-state index is 13.1. The van der Waals surface area contributed by atoms with E-state index >= 15 is 0 Å². The third-order valence-electron chi connectivity index (χ3n) is 5.37. The summed E-state index contributed by atoms with van der Waals surface area (Å²) < 4.78 is 1.92. The van der Waals surface area contributed by atoms with Crippen molar-refractivity contribution in [3.63, 3.8) is 0 Å². The van der Waals surface area contributed by atoms with Crippen molar-refractivity contribution in [2.24, 2.45) is 0 Å². The van der Waals surface area contributed by atoms with Crippen molar-refractivity contribution >= 4 is 38.8 Å². The van der Waals surface area contributed by atoms with Crippen molar-refractivity contribution in [1.82, 2.24) is 9.78 Å². The van der Waals surface area contributed by atoms with Crippen LogP contribution in [0.3, 0.4) is 0 Å². The lowest BCUT2D eigenvalue weighted by molar-refractivity contribution is 0.103. The first-order valence-corrected chi connectivity index (χ1v) is 10.7. The fourth-order valence-corrected chi connectivity index (χ4v) is 4.98. The highest BCUT2D eigenvalue weighted by atomic mass is 32.1. The van der Waals surface area contributed by atoms with Crippen LogP contribution in [0.4, 0.5) is 11.4 Å². The van der Waals surface area contributed by atoms with Crippen LogP contribution in [0.25, 0.3) is 15.9 Å². The Labute approximate surface area is 173 Å². The largest absolute Gasteiger partial charge is 0.370 e. The molecule has 1 saturated heterocycles. The molecule has 0 radical (unpaired) electrons. The summed E-state index contributed by atoms with van der Waals surface area (Å²) in [6.45, 7) is 4.07. The highest BCUT2D eigenvalue weighted by molar-refractivity contribution is 7.20. The standard InChI is InChI=1S/C23H22N4OS/c1-16-18-15-21(29-23(18)27(25-16)17-9-3-2-4-10-17)22(28)24-19-11-5-6-12-20(19)26-13-7-8-14-26/h2-6,9-12,15H,7-8,13-14H2,1H3,(H,24,28). The van der Waals surface area contributed by atoms with Crippen LogP contribution in [0.2, 0.25) is 0 Å². The highest BCUT2D eigenvalue weighted by Crippen LogP contribution is 2.33. The van der Waals surface area contributed by atoms with Crippen LogP contribution in [-0.2, 0) is 0 Å². The number of carbonyl (C=O) groups excluding carboxylic acids is 1. The maximum atomic E-state index is 13.1. The Hall–Kier alpha value is -3.12. The number of para-hydroxylation sites is 3. The number of thiophene rings is 1. The van der Waals surface area contributed by atoms with Crippen molar-refractivity contribution < 1.29 is 4.79 Å². The first-order chi connectivity index (χ1) is 14.2. The molecule has 1 aliphatic heterocycles. The number of hydrogen-bond donors (Lipinski definition) is 1. The maximum Gasteiger partial charge on any atom is 0.265 e. The van der Waals surface area contributed by atoms with E-state index in [1.165, 1.54) is 24.2 Å². The summed E-state index contributed by atoms with van der Waals surface area (Å²) in [5.41, 5.74) is 3.90. The Morgan fingerprint density at radius 3 is 2.55 bits per heavy atom. The minimum absolute atomic E-state index is 0.0724. The fraction of sp³-hybridized carbons (Fsp3) is 0.217. The van der Waals surface area contributed by atoms with E-state index in [2.05, 4.69) is 21.4 Å². The van der Waals surface area contributed by atoms with Gasteiger partial charge in [-0.3, -0.25) is 4.79 Å². The van der Waals surface area contributed by atoms with E-state index in [9.17, 15) is 4.79 Å². The molecule has 5 rings (SSSR count). The number of carbonyl (C=O) groups is 1. The lowest BCUT2D eigenvalue weighted by Crippen LogP contribution is -2.20. The Morgan fingerprint density at radius 2 is 1.76 bits per heavy atom. The number of rotatable bonds is 4. The van der Waals surface area contributed by atoms with Gasteiger partial charge < -0.3 is 10.2 Å². The van der Waals surface area contributed by atoms with Crippen LogP contribution < -0.4 is 10.2 Å². The van der Waals surface area contributed by atoms with Gasteiger partial charge in [0.25, 0.3) is 5.91 Å². The van der Waals surface area contributed by atoms with Crippen LogP contribution in [-0.4, -0.2) is 28.8 Å². The molecule has 29 heavy (non-hydrogen) atoms. The molecule has 1 N–H and O–H groups in total. The molecular formula is C23H22N4OS. The van der Waals surface area contributed by atoms with Crippen LogP contribution in [0.1, 0.15) is 28.2 Å². The molecule has 0 spiro atoms. The number of nitrogens with one attached hydrogen (secondary N) is 1. The van der Waals surface area contributed by atoms with E-state index in [0.29, 0.717) is 4.88 Å². The average Bonchev–Trinajstić information content (AvgIpc) is 3.48. The Bertz CT molecular complexity index is 1170. The predicted octanol–water partition coefficient (Wildman–Crippen LogP) is 5.25. The second-order valence-electron chi connectivity index (χ2n) is 7.33. The molecule has 3 heterocycles. The first-order valence-electron chi connectivity index (χ1n) is 9.90. The summed E-state index contributed by atoms with van der Waals surface area (Å²) in [6.07, 6.45) is 2.40. The summed E-state index contributed by atoms with van der Waals surface area (Å²) in [5, 5.41) is 8.82. The van der Waals surface area contributed by atoms with Gasteiger partial charge in [-0.25, -0.2) is 4.68 Å². The molecule has 6 heteroatoms. The summed E-state index contributed by atoms with van der Waals surface area (Å²) in [5.74, 6) is -0.0724. The number of hydrogen-bond acceptors (Lipinski definition) is 4. The predicted molar refractivity (Wildman–Crippen MR) is 120 cm³/mol. The molecule has 0 bridgehead atoms. The van der Waals surface area contributed by atoms with E-state index in [1.807, 2.05) is 66.2 Å². The van der Waals surface area contributed by atoms with Crippen molar-refractivity contribution in [2.45, 2.75) is 19.8 Å². The molecule has 1 amide bonds. The summed E-state index contributed by atoms with van der Waals surface area (Å²) >= 11 is 1.48. The quantitative estimate of drug-likeness (QED) is 0.507. The summed E-state index contributed by atoms with van der Waals surface area (Å²) in [7, 11) is 0. The monoisotopic (exact) mass is 402 g/mol. The zero-order valence-corrected chi connectivity index (χ0v) is 17.1. The van der Waals surface area contributed by atoms with Crippen LogP contribution in [0.5, 0.6) is 0 Å². The average molecular weight is 403 g/mol. The third kappa shape index (κ3) is 3.29. The second-order valence-corrected chi connectivity index (χ2v) is 8.36. The third-order valence-corrected chi connectivity index (χ3v) is 6.48. The molecule has 0 atom stereocenters. The highest BCUT2D eigenvalue weighted by Gasteiger charge is 2.20. The molecule has 0 aliphatic carbocycles. The zero-order valence-electron chi connectivity index (χ0n) is 16.3. The van der Waals surface area contributed by atoms with Gasteiger partial charge in [-0.15, -0.1) is 11.3 Å². The van der Waals surface area contributed by atoms with E-state index in [4.69, 9.17) is 0 Å². The number of aromatic nitrogens is 2. The normalized spacial score (nSPS) is 13.9. The van der Waals surface area contributed by atoms with E-state index in [-0.39, 0.29) is 5.91 Å². The van der Waals surface area contributed by atoms with Gasteiger partial charge in [0.05, 0.1) is 27.6 Å². The molecule has 5 nitrogen and oxygen atoms in total. The zero-order chi connectivity index (χ0) is 19.8. The van der Waals surface area contributed by atoms with Gasteiger partial charge in [0.15, 0.2) is 0 Å². The molecule has 2 aromatic heterocycles. The Kier molecular flexibility index (Phi) is 4.56. The first kappa shape index (κ1) is 17.9. The topological polar surface area (TPSA) is 50.2 Å². The minimum atomic E-state index is -0.0724. The summed E-state index contributed by atoms with van der Waals surface area (Å²) in [4.78, 5) is 17.1. The summed E-state index contributed by atoms with van der Waals surface area (Å²) in [6, 6.07) is 20.0. The van der Waals surface area contributed by atoms with E-state index in [1.54, 1.807) is 0 Å². The smallest absolute Gasteiger partial charge is 0.265 e. The molecule has 0 saturated carbocycles. The molecular weight excluding hydrogens is 380 g/mol. The van der Waals surface area contributed by atoms with Crippen molar-refractivity contribution in [1.29, 1.82) is 0 Å². The number of amides is 1. The number of aryl methyl sites for hydroxylation is 1. The van der Waals surface area contributed by atoms with Gasteiger partial charge in [-0.1, -0.05) is 30.3 Å².